The number of aryl methyl sites for hydroxylation is 1. The number of amides is 4. The fourth-order valence-corrected chi connectivity index (χ4v) is 9.93. The maximum absolute atomic E-state index is 13.4. The molecule has 3 saturated heterocycles. The SMILES string of the molecule is O=C1CCC(N2C(=O)c3ccc(N4CCC[C@H](NCC5CCN(c6ccc([C@@H]7c8ccc(O)cc8CC[C@@H]7c7ccccc7)cc6)CC5)C4)cc3C2=O)C(=O)N1. The molecule has 10 heteroatoms. The van der Waals surface area contributed by atoms with Crippen LogP contribution in [0.15, 0.2) is 91.0 Å². The van der Waals surface area contributed by atoms with Crippen molar-refractivity contribution >= 4 is 35.0 Å². The van der Waals surface area contributed by atoms with Crippen LogP contribution in [0.1, 0.15) is 99.8 Å². The second-order valence-corrected chi connectivity index (χ2v) is 16.3. The van der Waals surface area contributed by atoms with Gasteiger partial charge in [-0.2, -0.15) is 0 Å². The molecule has 4 aromatic carbocycles. The second-order valence-electron chi connectivity index (χ2n) is 16.3. The van der Waals surface area contributed by atoms with Gasteiger partial charge in [-0.15, -0.1) is 0 Å². The Kier molecular flexibility index (Phi) is 9.83. The van der Waals surface area contributed by atoms with Gasteiger partial charge < -0.3 is 20.2 Å². The number of hydrogen-bond donors (Lipinski definition) is 3. The molecule has 0 bridgehead atoms. The van der Waals surface area contributed by atoms with Gasteiger partial charge in [0, 0.05) is 55.9 Å². The average molecular weight is 752 g/mol. The van der Waals surface area contributed by atoms with Gasteiger partial charge in [-0.3, -0.25) is 29.4 Å². The zero-order valence-corrected chi connectivity index (χ0v) is 31.7. The molecule has 1 aliphatic carbocycles. The number of phenolic OH excluding ortho intramolecular Hbond substituents is 1. The normalized spacial score (nSPS) is 24.2. The summed E-state index contributed by atoms with van der Waals surface area (Å²) >= 11 is 0. The van der Waals surface area contributed by atoms with Gasteiger partial charge >= 0.3 is 0 Å². The number of rotatable bonds is 8. The van der Waals surface area contributed by atoms with Crippen LogP contribution < -0.4 is 20.4 Å². The summed E-state index contributed by atoms with van der Waals surface area (Å²) in [5.41, 5.74) is 8.08. The highest BCUT2D eigenvalue weighted by atomic mass is 16.3. The molecular weight excluding hydrogens is 703 g/mol. The van der Waals surface area contributed by atoms with E-state index in [4.69, 9.17) is 0 Å². The van der Waals surface area contributed by atoms with Crippen LogP contribution in [0, 0.1) is 5.92 Å². The van der Waals surface area contributed by atoms with E-state index in [2.05, 4.69) is 81.1 Å². The van der Waals surface area contributed by atoms with E-state index in [1.807, 2.05) is 18.2 Å². The van der Waals surface area contributed by atoms with E-state index in [1.54, 1.807) is 12.1 Å². The molecule has 4 aliphatic heterocycles. The highest BCUT2D eigenvalue weighted by molar-refractivity contribution is 6.23. The molecular formula is C46H49N5O5. The van der Waals surface area contributed by atoms with Crippen LogP contribution >= 0.6 is 0 Å². The highest BCUT2D eigenvalue weighted by Crippen LogP contribution is 2.47. The maximum Gasteiger partial charge on any atom is 0.262 e. The van der Waals surface area contributed by atoms with Crippen molar-refractivity contribution in [2.45, 2.75) is 75.3 Å². The molecule has 9 rings (SSSR count). The zero-order valence-electron chi connectivity index (χ0n) is 31.7. The first-order valence-corrected chi connectivity index (χ1v) is 20.4. The Bertz CT molecular complexity index is 2150. The third kappa shape index (κ3) is 6.95. The average Bonchev–Trinajstić information content (AvgIpc) is 3.48. The summed E-state index contributed by atoms with van der Waals surface area (Å²) < 4.78 is 0. The predicted octanol–water partition coefficient (Wildman–Crippen LogP) is 6.13. The molecule has 4 amide bonds. The molecule has 0 aromatic heterocycles. The summed E-state index contributed by atoms with van der Waals surface area (Å²) in [6, 6.07) is 30.8. The smallest absolute Gasteiger partial charge is 0.262 e. The molecule has 56 heavy (non-hydrogen) atoms. The van der Waals surface area contributed by atoms with Crippen molar-refractivity contribution in [3.8, 4) is 5.75 Å². The third-order valence-electron chi connectivity index (χ3n) is 13.0. The number of nitrogens with zero attached hydrogens (tertiary/aromatic N) is 3. The number of carbonyl (C=O) groups excluding carboxylic acids is 4. The van der Waals surface area contributed by atoms with Gasteiger partial charge in [-0.25, -0.2) is 0 Å². The van der Waals surface area contributed by atoms with Crippen molar-refractivity contribution in [1.29, 1.82) is 0 Å². The molecule has 3 N–H and O–H groups in total. The molecule has 10 nitrogen and oxygen atoms in total. The number of fused-ring (bicyclic) bond motifs is 2. The van der Waals surface area contributed by atoms with E-state index < -0.39 is 23.8 Å². The number of hydrogen-bond acceptors (Lipinski definition) is 8. The minimum absolute atomic E-state index is 0.102. The van der Waals surface area contributed by atoms with E-state index >= 15 is 0 Å². The minimum Gasteiger partial charge on any atom is -0.508 e. The number of piperidine rings is 3. The molecule has 4 aromatic rings. The van der Waals surface area contributed by atoms with Crippen molar-refractivity contribution in [1.82, 2.24) is 15.5 Å². The van der Waals surface area contributed by atoms with Crippen LogP contribution in [0.5, 0.6) is 5.75 Å². The first-order chi connectivity index (χ1) is 27.3. The van der Waals surface area contributed by atoms with E-state index in [0.29, 0.717) is 34.8 Å². The first-order valence-electron chi connectivity index (χ1n) is 20.4. The summed E-state index contributed by atoms with van der Waals surface area (Å²) in [6.45, 7) is 4.72. The van der Waals surface area contributed by atoms with E-state index in [1.165, 1.54) is 27.9 Å². The fourth-order valence-electron chi connectivity index (χ4n) is 9.93. The Hall–Kier alpha value is -5.48. The van der Waals surface area contributed by atoms with Gasteiger partial charge in [0.25, 0.3) is 11.8 Å². The quantitative estimate of drug-likeness (QED) is 0.184. The lowest BCUT2D eigenvalue weighted by Crippen LogP contribution is -2.54. The number of phenols is 1. The van der Waals surface area contributed by atoms with Crippen LogP contribution in [0.4, 0.5) is 11.4 Å². The van der Waals surface area contributed by atoms with Crippen molar-refractivity contribution in [3.63, 3.8) is 0 Å². The molecule has 0 spiro atoms. The molecule has 288 valence electrons. The summed E-state index contributed by atoms with van der Waals surface area (Å²) in [6.07, 6.45) is 6.65. The molecule has 1 unspecified atom stereocenters. The molecule has 0 saturated carbocycles. The van der Waals surface area contributed by atoms with E-state index in [-0.39, 0.29) is 24.7 Å². The number of imide groups is 2. The van der Waals surface area contributed by atoms with Crippen LogP contribution in [0.3, 0.4) is 0 Å². The molecule has 0 radical (unpaired) electrons. The number of nitrogens with one attached hydrogen (secondary N) is 2. The minimum atomic E-state index is -0.963. The van der Waals surface area contributed by atoms with E-state index in [0.717, 1.165) is 81.8 Å². The molecule has 4 heterocycles. The number of benzene rings is 4. The molecule has 5 aliphatic rings. The van der Waals surface area contributed by atoms with Crippen molar-refractivity contribution in [2.75, 3.05) is 42.5 Å². The van der Waals surface area contributed by atoms with Gasteiger partial charge in [-0.1, -0.05) is 48.5 Å². The Labute approximate surface area is 327 Å². The number of aromatic hydroxyl groups is 1. The van der Waals surface area contributed by atoms with Crippen LogP contribution in [-0.4, -0.2) is 78.4 Å². The number of carbonyl (C=O) groups is 4. The fraction of sp³-hybridized carbons (Fsp3) is 0.391. The van der Waals surface area contributed by atoms with Gasteiger partial charge in [0.15, 0.2) is 0 Å². The third-order valence-corrected chi connectivity index (χ3v) is 13.0. The lowest BCUT2D eigenvalue weighted by atomic mass is 9.69. The van der Waals surface area contributed by atoms with Gasteiger partial charge in [-0.05, 0) is 128 Å². The Morgan fingerprint density at radius 3 is 2.25 bits per heavy atom. The lowest BCUT2D eigenvalue weighted by molar-refractivity contribution is -0.136. The van der Waals surface area contributed by atoms with Crippen LogP contribution in [-0.2, 0) is 16.0 Å². The van der Waals surface area contributed by atoms with Gasteiger partial charge in [0.2, 0.25) is 11.8 Å². The molecule has 4 atom stereocenters. The highest BCUT2D eigenvalue weighted by Gasteiger charge is 2.45. The molecule has 3 fully saturated rings. The summed E-state index contributed by atoms with van der Waals surface area (Å²) in [4.78, 5) is 56.6. The van der Waals surface area contributed by atoms with Gasteiger partial charge in [0.05, 0.1) is 11.1 Å². The van der Waals surface area contributed by atoms with Crippen molar-refractivity contribution < 1.29 is 24.3 Å². The Morgan fingerprint density at radius 1 is 0.696 bits per heavy atom. The standard InChI is InChI=1S/C46H49N5O5/c52-36-14-17-38-32(25-36)10-15-37(30-5-2-1-3-6-30)43(38)31-8-11-34(12-9-31)49-23-20-29(21-24-49)27-47-33-7-4-22-50(28-33)35-13-16-39-40(26-35)46(56)51(45(39)55)41-18-19-42(53)48-44(41)54/h1-3,5-6,8-9,11-14,16-17,25-26,29,33,37,41,43,47,52H,4,7,10,15,18-24,27-28H2,(H,48,53,54)/t33-,37+,41?,43-/m0/s1. The first kappa shape index (κ1) is 36.2. The topological polar surface area (TPSA) is 122 Å². The van der Waals surface area contributed by atoms with Crippen LogP contribution in [0.2, 0.25) is 0 Å². The monoisotopic (exact) mass is 751 g/mol. The Morgan fingerprint density at radius 2 is 1.46 bits per heavy atom. The predicted molar refractivity (Wildman–Crippen MR) is 215 cm³/mol. The van der Waals surface area contributed by atoms with Crippen molar-refractivity contribution in [2.24, 2.45) is 5.92 Å². The maximum atomic E-state index is 13.4. The van der Waals surface area contributed by atoms with Gasteiger partial charge in [0.1, 0.15) is 11.8 Å². The van der Waals surface area contributed by atoms with E-state index in [9.17, 15) is 24.3 Å². The second kappa shape index (κ2) is 15.2. The summed E-state index contributed by atoms with van der Waals surface area (Å²) in [5, 5.41) is 16.4. The largest absolute Gasteiger partial charge is 0.508 e. The zero-order chi connectivity index (χ0) is 38.3. The lowest BCUT2D eigenvalue weighted by Gasteiger charge is -2.38. The Balaban J connectivity index is 0.794. The number of anilines is 2. The summed E-state index contributed by atoms with van der Waals surface area (Å²) in [7, 11) is 0. The summed E-state index contributed by atoms with van der Waals surface area (Å²) in [5.74, 6) is -0.346. The van der Waals surface area contributed by atoms with Crippen LogP contribution in [0.25, 0.3) is 0 Å². The van der Waals surface area contributed by atoms with Crippen molar-refractivity contribution in [3.05, 3.63) is 124 Å².